The number of aromatic nitrogens is 1. The van der Waals surface area contributed by atoms with Gasteiger partial charge in [0.15, 0.2) is 11.4 Å². The highest BCUT2D eigenvalue weighted by Gasteiger charge is 2.19. The number of halogens is 1. The summed E-state index contributed by atoms with van der Waals surface area (Å²) in [7, 11) is 0. The van der Waals surface area contributed by atoms with Crippen LogP contribution in [0.2, 0.25) is 5.02 Å². The number of rotatable bonds is 5. The molecule has 0 aliphatic carbocycles. The van der Waals surface area contributed by atoms with Gasteiger partial charge in [0, 0.05) is 21.7 Å². The normalized spacial score (nSPS) is 11.3. The monoisotopic (exact) mass is 527 g/mol. The van der Waals surface area contributed by atoms with E-state index in [1.165, 1.54) is 12.1 Å². The Morgan fingerprint density at radius 1 is 0.895 bits per heavy atom. The minimum atomic E-state index is -1.44. The molecule has 5 rings (SSSR count). The number of fused-ring (bicyclic) bond motifs is 1. The van der Waals surface area contributed by atoms with Gasteiger partial charge in [-0.2, -0.15) is 0 Å². The number of benzene rings is 4. The van der Waals surface area contributed by atoms with Crippen LogP contribution in [0.25, 0.3) is 27.7 Å². The van der Waals surface area contributed by atoms with Crippen molar-refractivity contribution in [2.45, 2.75) is 13.8 Å². The van der Waals surface area contributed by atoms with Crippen LogP contribution in [0, 0.1) is 13.8 Å². The van der Waals surface area contributed by atoms with Crippen LogP contribution >= 0.6 is 11.6 Å². The Morgan fingerprint density at radius 2 is 1.63 bits per heavy atom. The van der Waals surface area contributed by atoms with Gasteiger partial charge >= 0.3 is 6.16 Å². The summed E-state index contributed by atoms with van der Waals surface area (Å²) in [6, 6.07) is 22.4. The number of para-hydroxylation sites is 1. The molecule has 190 valence electrons. The zero-order valence-corrected chi connectivity index (χ0v) is 21.1. The Balaban J connectivity index is 1.60. The number of hydrogen-bond donors (Lipinski definition) is 3. The van der Waals surface area contributed by atoms with E-state index in [0.717, 1.165) is 16.8 Å². The third-order valence-electron chi connectivity index (χ3n) is 5.97. The number of phenols is 1. The summed E-state index contributed by atoms with van der Waals surface area (Å²) in [4.78, 5) is 10.9. The molecule has 8 nitrogen and oxygen atoms in total. The van der Waals surface area contributed by atoms with E-state index in [0.29, 0.717) is 27.1 Å². The fraction of sp³-hybridized carbons (Fsp3) is 0.0690. The first kappa shape index (κ1) is 24.9. The third-order valence-corrected chi connectivity index (χ3v) is 6.20. The number of aromatic hydroxyl groups is 2. The van der Waals surface area contributed by atoms with Gasteiger partial charge in [-0.05, 0) is 79.1 Å². The van der Waals surface area contributed by atoms with Crippen LogP contribution in [0.5, 0.6) is 17.4 Å². The molecule has 3 N–H and O–H groups in total. The number of azo groups is 1. The van der Waals surface area contributed by atoms with Crippen LogP contribution in [-0.4, -0.2) is 26.0 Å². The molecule has 0 saturated carbocycles. The zero-order chi connectivity index (χ0) is 27.0. The largest absolute Gasteiger partial charge is 0.511 e. The molecule has 0 fully saturated rings. The molecule has 1 heterocycles. The lowest BCUT2D eigenvalue weighted by molar-refractivity contribution is 0.144. The minimum Gasteiger partial charge on any atom is -0.505 e. The molecule has 5 aromatic rings. The predicted molar refractivity (Wildman–Crippen MR) is 146 cm³/mol. The zero-order valence-electron chi connectivity index (χ0n) is 20.4. The standard InChI is InChI=1S/C29H22ClN3O5/c1-16-11-17(2)13-20(12-16)33-25-15-19(30)9-10-23(25)26(28(33)35)32-31-24-8-4-7-22(27(24)34)18-5-3-6-21(14-18)38-29(36)37/h3-15,34-35H,1-2H3,(H,36,37). The molecule has 0 aliphatic heterocycles. The first-order valence-corrected chi connectivity index (χ1v) is 12.0. The van der Waals surface area contributed by atoms with Crippen molar-refractivity contribution in [3.05, 3.63) is 95.0 Å². The van der Waals surface area contributed by atoms with Crippen molar-refractivity contribution >= 4 is 40.0 Å². The maximum atomic E-state index is 11.3. The third kappa shape index (κ3) is 4.77. The van der Waals surface area contributed by atoms with Gasteiger partial charge in [0.1, 0.15) is 11.4 Å². The van der Waals surface area contributed by atoms with Crippen molar-refractivity contribution in [2.75, 3.05) is 0 Å². The highest BCUT2D eigenvalue weighted by molar-refractivity contribution is 6.31. The van der Waals surface area contributed by atoms with Gasteiger partial charge in [0.05, 0.1) is 5.52 Å². The van der Waals surface area contributed by atoms with Gasteiger partial charge in [0.2, 0.25) is 5.88 Å². The van der Waals surface area contributed by atoms with E-state index in [9.17, 15) is 15.0 Å². The van der Waals surface area contributed by atoms with Gasteiger partial charge in [-0.25, -0.2) is 4.79 Å². The molecule has 9 heteroatoms. The number of carbonyl (C=O) groups is 1. The average molecular weight is 528 g/mol. The van der Waals surface area contributed by atoms with Crippen molar-refractivity contribution in [2.24, 2.45) is 10.2 Å². The summed E-state index contributed by atoms with van der Waals surface area (Å²) >= 11 is 6.29. The van der Waals surface area contributed by atoms with Gasteiger partial charge in [0.25, 0.3) is 0 Å². The average Bonchev–Trinajstić information content (AvgIpc) is 3.12. The lowest BCUT2D eigenvalue weighted by Gasteiger charge is -2.09. The highest BCUT2D eigenvalue weighted by Crippen LogP contribution is 2.44. The van der Waals surface area contributed by atoms with Crippen LogP contribution in [0.3, 0.4) is 0 Å². The molecule has 0 atom stereocenters. The van der Waals surface area contributed by atoms with Crippen molar-refractivity contribution in [1.29, 1.82) is 0 Å². The van der Waals surface area contributed by atoms with Crippen molar-refractivity contribution in [3.63, 3.8) is 0 Å². The molecular weight excluding hydrogens is 506 g/mol. The van der Waals surface area contributed by atoms with E-state index in [1.807, 2.05) is 32.0 Å². The summed E-state index contributed by atoms with van der Waals surface area (Å²) in [6.07, 6.45) is -1.44. The van der Waals surface area contributed by atoms with Gasteiger partial charge < -0.3 is 20.1 Å². The lowest BCUT2D eigenvalue weighted by atomic mass is 10.0. The molecule has 0 radical (unpaired) electrons. The SMILES string of the molecule is Cc1cc(C)cc(-n2c(O)c(N=Nc3cccc(-c4cccc(OC(=O)O)c4)c3O)c3ccc(Cl)cc32)c1. The smallest absolute Gasteiger partial charge is 0.505 e. The minimum absolute atomic E-state index is 0.115. The summed E-state index contributed by atoms with van der Waals surface area (Å²) in [5, 5.41) is 40.8. The molecule has 38 heavy (non-hydrogen) atoms. The van der Waals surface area contributed by atoms with E-state index >= 15 is 0 Å². The molecule has 0 saturated heterocycles. The highest BCUT2D eigenvalue weighted by atomic mass is 35.5. The van der Waals surface area contributed by atoms with E-state index < -0.39 is 6.16 Å². The van der Waals surface area contributed by atoms with E-state index in [-0.39, 0.29) is 28.8 Å². The molecule has 1 aromatic heterocycles. The Bertz CT molecular complexity index is 1720. The first-order valence-electron chi connectivity index (χ1n) is 11.6. The van der Waals surface area contributed by atoms with Crippen LogP contribution in [-0.2, 0) is 0 Å². The maximum absolute atomic E-state index is 11.3. The topological polar surface area (TPSA) is 117 Å². The van der Waals surface area contributed by atoms with E-state index in [2.05, 4.69) is 10.2 Å². The van der Waals surface area contributed by atoms with Gasteiger partial charge in [-0.3, -0.25) is 4.57 Å². The van der Waals surface area contributed by atoms with Crippen LogP contribution < -0.4 is 4.74 Å². The molecule has 0 bridgehead atoms. The second-order valence-corrected chi connectivity index (χ2v) is 9.22. The van der Waals surface area contributed by atoms with Gasteiger partial charge in [-0.1, -0.05) is 41.9 Å². The second-order valence-electron chi connectivity index (χ2n) is 8.78. The summed E-state index contributed by atoms with van der Waals surface area (Å²) < 4.78 is 6.39. The van der Waals surface area contributed by atoms with Crippen molar-refractivity contribution in [1.82, 2.24) is 4.57 Å². The molecule has 4 aromatic carbocycles. The predicted octanol–water partition coefficient (Wildman–Crippen LogP) is 8.45. The fourth-order valence-corrected chi connectivity index (χ4v) is 4.61. The Hall–Kier alpha value is -4.82. The maximum Gasteiger partial charge on any atom is 0.511 e. The van der Waals surface area contributed by atoms with Crippen LogP contribution in [0.1, 0.15) is 11.1 Å². The number of aryl methyl sites for hydroxylation is 2. The number of phenolic OH excluding ortho intramolecular Hbond substituents is 1. The molecule has 0 spiro atoms. The van der Waals surface area contributed by atoms with E-state index in [4.69, 9.17) is 21.4 Å². The van der Waals surface area contributed by atoms with E-state index in [1.54, 1.807) is 53.1 Å². The summed E-state index contributed by atoms with van der Waals surface area (Å²) in [5.74, 6) is -0.168. The molecular formula is C29H22ClN3O5. The number of carboxylic acid groups (broad SMARTS) is 1. The van der Waals surface area contributed by atoms with Crippen molar-refractivity contribution in [3.8, 4) is 34.2 Å². The molecule has 0 aliphatic rings. The number of hydrogen-bond acceptors (Lipinski definition) is 6. The fourth-order valence-electron chi connectivity index (χ4n) is 4.45. The second kappa shape index (κ2) is 9.91. The Kier molecular flexibility index (Phi) is 6.48. The Morgan fingerprint density at radius 3 is 2.37 bits per heavy atom. The lowest BCUT2D eigenvalue weighted by Crippen LogP contribution is -2.02. The Labute approximate surface area is 222 Å². The first-order chi connectivity index (χ1) is 18.2. The quantitative estimate of drug-likeness (QED) is 0.120. The van der Waals surface area contributed by atoms with Crippen LogP contribution in [0.4, 0.5) is 16.2 Å². The van der Waals surface area contributed by atoms with Crippen molar-refractivity contribution < 1.29 is 24.9 Å². The summed E-state index contributed by atoms with van der Waals surface area (Å²) in [5.41, 5.74) is 4.79. The molecule has 0 amide bonds. The molecule has 0 unspecified atom stereocenters. The van der Waals surface area contributed by atoms with Gasteiger partial charge in [-0.15, -0.1) is 10.2 Å². The van der Waals surface area contributed by atoms with Crippen LogP contribution in [0.15, 0.2) is 89.1 Å². The summed E-state index contributed by atoms with van der Waals surface area (Å²) in [6.45, 7) is 3.96. The number of nitrogens with zero attached hydrogens (tertiary/aromatic N) is 3. The number of ether oxygens (including phenoxy) is 1.